The van der Waals surface area contributed by atoms with Crippen molar-refractivity contribution in [3.63, 3.8) is 0 Å². The Morgan fingerprint density at radius 2 is 1.94 bits per heavy atom. The summed E-state index contributed by atoms with van der Waals surface area (Å²) < 4.78 is 32.6. The second-order valence-electron chi connectivity index (χ2n) is 3.05. The van der Waals surface area contributed by atoms with E-state index in [-0.39, 0.29) is 11.3 Å². The molecule has 0 aliphatic rings. The predicted molar refractivity (Wildman–Crippen MR) is 54.0 cm³/mol. The lowest BCUT2D eigenvalue weighted by Crippen LogP contribution is -2.12. The molecule has 0 bridgehead atoms. The number of hydrogen-bond acceptors (Lipinski definition) is 4. The molecule has 0 saturated carbocycles. The van der Waals surface area contributed by atoms with Crippen LogP contribution in [0.2, 0.25) is 0 Å². The van der Waals surface area contributed by atoms with E-state index in [1.54, 1.807) is 0 Å². The second kappa shape index (κ2) is 5.93. The van der Waals surface area contributed by atoms with E-state index >= 15 is 0 Å². The molecule has 1 aromatic carbocycles. The van der Waals surface area contributed by atoms with Crippen LogP contribution in [-0.4, -0.2) is 25.5 Å². The van der Waals surface area contributed by atoms with E-state index in [2.05, 4.69) is 9.47 Å². The van der Waals surface area contributed by atoms with Crippen molar-refractivity contribution in [1.82, 2.24) is 0 Å². The van der Waals surface area contributed by atoms with Gasteiger partial charge in [0.25, 0.3) is 0 Å². The molecule has 0 aliphatic carbocycles. The summed E-state index contributed by atoms with van der Waals surface area (Å²) in [5.41, 5.74) is -0.0711. The summed E-state index contributed by atoms with van der Waals surface area (Å²) in [5.74, 6) is -1.62. The van der Waals surface area contributed by atoms with Crippen LogP contribution in [0.15, 0.2) is 24.3 Å². The first kappa shape index (κ1) is 13.1. The van der Waals surface area contributed by atoms with Crippen molar-refractivity contribution in [2.24, 2.45) is 0 Å². The van der Waals surface area contributed by atoms with Gasteiger partial charge in [0.2, 0.25) is 0 Å². The van der Waals surface area contributed by atoms with Crippen LogP contribution in [-0.2, 0) is 9.53 Å². The van der Waals surface area contributed by atoms with Crippen molar-refractivity contribution in [1.29, 1.82) is 0 Å². The molecule has 0 amide bonds. The molecular weight excluding hydrogens is 234 g/mol. The molecular formula is C11H10F2O4. The fourth-order valence-electron chi connectivity index (χ4n) is 1.19. The van der Waals surface area contributed by atoms with Gasteiger partial charge in [-0.05, 0) is 12.1 Å². The van der Waals surface area contributed by atoms with Crippen molar-refractivity contribution in [3.05, 3.63) is 29.8 Å². The number of rotatable bonds is 5. The average molecular weight is 244 g/mol. The van der Waals surface area contributed by atoms with Gasteiger partial charge >= 0.3 is 12.6 Å². The van der Waals surface area contributed by atoms with Crippen LogP contribution < -0.4 is 4.74 Å². The lowest BCUT2D eigenvalue weighted by atomic mass is 10.1. The minimum Gasteiger partial charge on any atom is -0.469 e. The molecule has 1 rings (SSSR count). The second-order valence-corrected chi connectivity index (χ2v) is 3.05. The normalized spacial score (nSPS) is 10.1. The Hall–Kier alpha value is -1.98. The first-order chi connectivity index (χ1) is 8.04. The van der Waals surface area contributed by atoms with Crippen LogP contribution in [0.3, 0.4) is 0 Å². The van der Waals surface area contributed by atoms with Gasteiger partial charge in [-0.2, -0.15) is 8.78 Å². The van der Waals surface area contributed by atoms with Gasteiger partial charge < -0.3 is 9.47 Å². The van der Waals surface area contributed by atoms with Gasteiger partial charge in [-0.15, -0.1) is 0 Å². The number of alkyl halides is 2. The van der Waals surface area contributed by atoms with Crippen molar-refractivity contribution in [2.45, 2.75) is 13.0 Å². The molecule has 0 atom stereocenters. The molecule has 17 heavy (non-hydrogen) atoms. The molecule has 0 spiro atoms. The smallest absolute Gasteiger partial charge is 0.387 e. The first-order valence-corrected chi connectivity index (χ1v) is 4.68. The average Bonchev–Trinajstić information content (AvgIpc) is 2.28. The monoisotopic (exact) mass is 244 g/mol. The van der Waals surface area contributed by atoms with Crippen LogP contribution >= 0.6 is 0 Å². The van der Waals surface area contributed by atoms with Crippen molar-refractivity contribution >= 4 is 11.8 Å². The fraction of sp³-hybridized carbons (Fsp3) is 0.273. The van der Waals surface area contributed by atoms with Gasteiger partial charge in [0.1, 0.15) is 12.2 Å². The first-order valence-electron chi connectivity index (χ1n) is 4.68. The minimum absolute atomic E-state index is 0.0711. The molecule has 4 nitrogen and oxygen atoms in total. The topological polar surface area (TPSA) is 52.6 Å². The van der Waals surface area contributed by atoms with E-state index in [0.29, 0.717) is 0 Å². The lowest BCUT2D eigenvalue weighted by molar-refractivity contribution is -0.139. The quantitative estimate of drug-likeness (QED) is 0.452. The number of hydrogen-bond donors (Lipinski definition) is 0. The number of halogens is 2. The summed E-state index contributed by atoms with van der Waals surface area (Å²) in [4.78, 5) is 22.5. The van der Waals surface area contributed by atoms with E-state index in [1.165, 1.54) is 24.3 Å². The molecule has 0 aromatic heterocycles. The molecule has 92 valence electrons. The van der Waals surface area contributed by atoms with Gasteiger partial charge in [0.05, 0.1) is 12.7 Å². The SMILES string of the molecule is COC(=O)CC(=O)c1ccccc1OC(F)F. The third kappa shape index (κ3) is 3.82. The number of para-hydroxylation sites is 1. The molecule has 0 fully saturated rings. The molecule has 0 aliphatic heterocycles. The number of esters is 1. The maximum Gasteiger partial charge on any atom is 0.387 e. The van der Waals surface area contributed by atoms with Gasteiger partial charge in [0, 0.05) is 0 Å². The zero-order valence-corrected chi connectivity index (χ0v) is 8.98. The largest absolute Gasteiger partial charge is 0.469 e. The Bertz CT molecular complexity index is 418. The Morgan fingerprint density at radius 3 is 2.53 bits per heavy atom. The number of benzene rings is 1. The van der Waals surface area contributed by atoms with Crippen molar-refractivity contribution in [2.75, 3.05) is 7.11 Å². The number of Topliss-reactive ketones (excluding diaryl/α,β-unsaturated/α-hetero) is 1. The van der Waals surface area contributed by atoms with Crippen LogP contribution in [0.25, 0.3) is 0 Å². The van der Waals surface area contributed by atoms with E-state index < -0.39 is 24.8 Å². The van der Waals surface area contributed by atoms with Crippen molar-refractivity contribution in [3.8, 4) is 5.75 Å². The highest BCUT2D eigenvalue weighted by Gasteiger charge is 2.18. The lowest BCUT2D eigenvalue weighted by Gasteiger charge is -2.08. The predicted octanol–water partition coefficient (Wildman–Crippen LogP) is 2.03. The molecule has 6 heteroatoms. The van der Waals surface area contributed by atoms with Crippen LogP contribution in [0.5, 0.6) is 5.75 Å². The highest BCUT2D eigenvalue weighted by molar-refractivity contribution is 6.07. The Morgan fingerprint density at radius 1 is 1.29 bits per heavy atom. The summed E-state index contributed by atoms with van der Waals surface area (Å²) in [6.45, 7) is -3.03. The molecule has 0 radical (unpaired) electrons. The van der Waals surface area contributed by atoms with Gasteiger partial charge in [-0.25, -0.2) is 0 Å². The van der Waals surface area contributed by atoms with E-state index in [4.69, 9.17) is 0 Å². The number of carbonyl (C=O) groups is 2. The van der Waals surface area contributed by atoms with Crippen molar-refractivity contribution < 1.29 is 27.8 Å². The Kier molecular flexibility index (Phi) is 4.56. The van der Waals surface area contributed by atoms with E-state index in [9.17, 15) is 18.4 Å². The highest BCUT2D eigenvalue weighted by atomic mass is 19.3. The van der Waals surface area contributed by atoms with Crippen LogP contribution in [0, 0.1) is 0 Å². The zero-order valence-electron chi connectivity index (χ0n) is 8.98. The van der Waals surface area contributed by atoms with Crippen LogP contribution in [0.4, 0.5) is 8.78 Å². The molecule has 1 aromatic rings. The molecule has 0 N–H and O–H groups in total. The summed E-state index contributed by atoms with van der Waals surface area (Å²) >= 11 is 0. The number of ketones is 1. The molecule has 0 unspecified atom stereocenters. The summed E-state index contributed by atoms with van der Waals surface area (Å²) in [5, 5.41) is 0. The third-order valence-electron chi connectivity index (χ3n) is 1.94. The molecule has 0 heterocycles. The van der Waals surface area contributed by atoms with Gasteiger partial charge in [0.15, 0.2) is 5.78 Å². The van der Waals surface area contributed by atoms with Crippen LogP contribution in [0.1, 0.15) is 16.8 Å². The summed E-state index contributed by atoms with van der Waals surface area (Å²) in [7, 11) is 1.14. The van der Waals surface area contributed by atoms with E-state index in [0.717, 1.165) is 7.11 Å². The highest BCUT2D eigenvalue weighted by Crippen LogP contribution is 2.21. The summed E-state index contributed by atoms with van der Waals surface area (Å²) in [6, 6.07) is 5.48. The Balaban J connectivity index is 2.88. The minimum atomic E-state index is -3.03. The fourth-order valence-corrected chi connectivity index (χ4v) is 1.19. The standard InChI is InChI=1S/C11H10F2O4/c1-16-10(15)6-8(14)7-4-2-3-5-9(7)17-11(12)13/h2-5,11H,6H2,1H3. The Labute approximate surface area is 96.1 Å². The maximum absolute atomic E-state index is 12.1. The summed E-state index contributed by atoms with van der Waals surface area (Å²) in [6.07, 6.45) is -0.514. The number of ether oxygens (including phenoxy) is 2. The third-order valence-corrected chi connectivity index (χ3v) is 1.94. The van der Waals surface area contributed by atoms with Gasteiger partial charge in [-0.3, -0.25) is 9.59 Å². The van der Waals surface area contributed by atoms with Gasteiger partial charge in [-0.1, -0.05) is 12.1 Å². The maximum atomic E-state index is 12.1. The number of carbonyl (C=O) groups excluding carboxylic acids is 2. The van der Waals surface area contributed by atoms with E-state index in [1.807, 2.05) is 0 Å². The number of methoxy groups -OCH3 is 1. The zero-order chi connectivity index (χ0) is 12.8. The molecule has 0 saturated heterocycles.